The van der Waals surface area contributed by atoms with Gasteiger partial charge >= 0.3 is 0 Å². The Labute approximate surface area is 111 Å². The highest BCUT2D eigenvalue weighted by Gasteiger charge is 2.41. The summed E-state index contributed by atoms with van der Waals surface area (Å²) in [7, 11) is 0. The van der Waals surface area contributed by atoms with Gasteiger partial charge in [0.05, 0.1) is 0 Å². The van der Waals surface area contributed by atoms with E-state index in [9.17, 15) is 4.79 Å². The van der Waals surface area contributed by atoms with E-state index >= 15 is 0 Å². The monoisotopic (exact) mass is 292 g/mol. The Hall–Kier alpha value is -0.630. The smallest absolute Gasteiger partial charge is 0.163 e. The number of rotatable bonds is 0. The highest BCUT2D eigenvalue weighted by molar-refractivity contribution is 9.10. The van der Waals surface area contributed by atoms with Crippen molar-refractivity contribution in [3.63, 3.8) is 0 Å². The second kappa shape index (κ2) is 3.94. The largest absolute Gasteiger partial charge is 0.294 e. The predicted octanol–water partition coefficient (Wildman–Crippen LogP) is 4.55. The number of aryl methyl sites for hydroxylation is 1. The van der Waals surface area contributed by atoms with Crippen molar-refractivity contribution in [3.05, 3.63) is 33.3 Å². The Bertz CT molecular complexity index is 484. The first-order chi connectivity index (χ1) is 8.12. The second-order valence-electron chi connectivity index (χ2n) is 5.56. The molecule has 1 fully saturated rings. The molecule has 0 radical (unpaired) electrons. The van der Waals surface area contributed by atoms with Crippen LogP contribution in [0.5, 0.6) is 0 Å². The quantitative estimate of drug-likeness (QED) is 0.686. The van der Waals surface area contributed by atoms with Gasteiger partial charge in [0.1, 0.15) is 0 Å². The van der Waals surface area contributed by atoms with Crippen molar-refractivity contribution in [1.29, 1.82) is 0 Å². The van der Waals surface area contributed by atoms with Crippen molar-refractivity contribution < 1.29 is 4.79 Å². The number of hydrogen-bond donors (Lipinski definition) is 0. The Balaban J connectivity index is 2.24. The highest BCUT2D eigenvalue weighted by Crippen LogP contribution is 2.49. The molecule has 0 amide bonds. The molecule has 1 saturated carbocycles. The molecule has 0 aromatic heterocycles. The van der Waals surface area contributed by atoms with E-state index in [0.29, 0.717) is 11.2 Å². The van der Waals surface area contributed by atoms with Crippen molar-refractivity contribution >= 4 is 21.7 Å². The molecule has 1 aromatic carbocycles. The topological polar surface area (TPSA) is 17.1 Å². The van der Waals surface area contributed by atoms with E-state index in [4.69, 9.17) is 0 Å². The number of benzene rings is 1. The lowest BCUT2D eigenvalue weighted by Crippen LogP contribution is -2.31. The van der Waals surface area contributed by atoms with Crippen LogP contribution in [0.25, 0.3) is 0 Å². The minimum absolute atomic E-state index is 0.317. The van der Waals surface area contributed by atoms with Gasteiger partial charge in [0.25, 0.3) is 0 Å². The Morgan fingerprint density at radius 1 is 1.18 bits per heavy atom. The Kier molecular flexibility index (Phi) is 2.66. The van der Waals surface area contributed by atoms with Gasteiger partial charge in [-0.3, -0.25) is 4.79 Å². The van der Waals surface area contributed by atoms with Crippen LogP contribution in [0.2, 0.25) is 0 Å². The summed E-state index contributed by atoms with van der Waals surface area (Å²) in [5.74, 6) is 0.350. The van der Waals surface area contributed by atoms with Crippen molar-refractivity contribution in [2.45, 2.75) is 50.9 Å². The molecule has 0 aliphatic heterocycles. The molecule has 1 spiro atoms. The van der Waals surface area contributed by atoms with Gasteiger partial charge in [0.2, 0.25) is 0 Å². The first kappa shape index (κ1) is 11.5. The number of carbonyl (C=O) groups is 1. The van der Waals surface area contributed by atoms with Gasteiger partial charge in [-0.15, -0.1) is 0 Å². The van der Waals surface area contributed by atoms with Gasteiger partial charge in [-0.1, -0.05) is 28.8 Å². The van der Waals surface area contributed by atoms with Crippen LogP contribution >= 0.6 is 15.9 Å². The van der Waals surface area contributed by atoms with Crippen molar-refractivity contribution in [1.82, 2.24) is 0 Å². The van der Waals surface area contributed by atoms with E-state index in [1.807, 2.05) is 0 Å². The molecule has 0 atom stereocenters. The van der Waals surface area contributed by atoms with Gasteiger partial charge < -0.3 is 0 Å². The van der Waals surface area contributed by atoms with Crippen LogP contribution in [0.1, 0.15) is 60.0 Å². The van der Waals surface area contributed by atoms with E-state index in [1.54, 1.807) is 0 Å². The molecule has 2 heteroatoms. The summed E-state index contributed by atoms with van der Waals surface area (Å²) in [6.07, 6.45) is 6.98. The number of fused-ring (bicyclic) bond motifs is 2. The Morgan fingerprint density at radius 3 is 2.59 bits per heavy atom. The van der Waals surface area contributed by atoms with Crippen molar-refractivity contribution in [3.8, 4) is 0 Å². The van der Waals surface area contributed by atoms with Crippen molar-refractivity contribution in [2.75, 3.05) is 0 Å². The van der Waals surface area contributed by atoms with E-state index in [-0.39, 0.29) is 0 Å². The number of halogens is 1. The molecule has 0 saturated heterocycles. The highest BCUT2D eigenvalue weighted by atomic mass is 79.9. The van der Waals surface area contributed by atoms with E-state index in [0.717, 1.165) is 28.4 Å². The van der Waals surface area contributed by atoms with E-state index < -0.39 is 0 Å². The molecule has 1 aromatic rings. The zero-order valence-electron chi connectivity index (χ0n) is 10.2. The van der Waals surface area contributed by atoms with Gasteiger partial charge in [0, 0.05) is 16.5 Å². The SMILES string of the molecule is Cc1cc(Br)cc2c1C(=O)CCC21CCCC1. The lowest BCUT2D eigenvalue weighted by molar-refractivity contribution is 0.0951. The number of carbonyl (C=O) groups excluding carboxylic acids is 1. The summed E-state index contributed by atoms with van der Waals surface area (Å²) in [5.41, 5.74) is 3.82. The van der Waals surface area contributed by atoms with Gasteiger partial charge in [-0.2, -0.15) is 0 Å². The molecule has 0 bridgehead atoms. The molecular weight excluding hydrogens is 276 g/mol. The molecule has 2 aliphatic rings. The minimum Gasteiger partial charge on any atom is -0.294 e. The van der Waals surface area contributed by atoms with Crippen LogP contribution in [-0.2, 0) is 5.41 Å². The summed E-state index contributed by atoms with van der Waals surface area (Å²) < 4.78 is 1.12. The van der Waals surface area contributed by atoms with Crippen LogP contribution in [0.15, 0.2) is 16.6 Å². The lowest BCUT2D eigenvalue weighted by atomic mass is 9.67. The Morgan fingerprint density at radius 2 is 1.88 bits per heavy atom. The number of Topliss-reactive ketones (excluding diaryl/α,β-unsaturated/α-hetero) is 1. The third kappa shape index (κ3) is 1.69. The fourth-order valence-corrected chi connectivity index (χ4v) is 4.29. The van der Waals surface area contributed by atoms with Crippen LogP contribution in [0.3, 0.4) is 0 Å². The molecule has 17 heavy (non-hydrogen) atoms. The molecule has 3 rings (SSSR count). The van der Waals surface area contributed by atoms with Crippen LogP contribution in [-0.4, -0.2) is 5.78 Å². The summed E-state index contributed by atoms with van der Waals surface area (Å²) in [6.45, 7) is 2.06. The maximum absolute atomic E-state index is 12.1. The number of ketones is 1. The van der Waals surface area contributed by atoms with Crippen molar-refractivity contribution in [2.24, 2.45) is 0 Å². The fourth-order valence-electron chi connectivity index (χ4n) is 3.72. The molecular formula is C15H17BrO. The summed E-state index contributed by atoms with van der Waals surface area (Å²) >= 11 is 3.58. The van der Waals surface area contributed by atoms with Crippen LogP contribution in [0, 0.1) is 6.92 Å². The normalized spacial score (nSPS) is 21.9. The fraction of sp³-hybridized carbons (Fsp3) is 0.533. The van der Waals surface area contributed by atoms with Gasteiger partial charge in [-0.05, 0) is 54.9 Å². The maximum atomic E-state index is 12.1. The third-order valence-corrected chi connectivity index (χ3v) is 5.00. The third-order valence-electron chi connectivity index (χ3n) is 4.54. The van der Waals surface area contributed by atoms with Crippen LogP contribution in [0.4, 0.5) is 0 Å². The summed E-state index contributed by atoms with van der Waals surface area (Å²) in [6, 6.07) is 4.27. The average molecular weight is 293 g/mol. The van der Waals surface area contributed by atoms with Gasteiger partial charge in [0.15, 0.2) is 5.78 Å². The first-order valence-corrected chi connectivity index (χ1v) is 7.26. The molecule has 90 valence electrons. The van der Waals surface area contributed by atoms with E-state index in [1.165, 1.54) is 31.2 Å². The predicted molar refractivity (Wildman–Crippen MR) is 72.6 cm³/mol. The van der Waals surface area contributed by atoms with Crippen LogP contribution < -0.4 is 0 Å². The molecule has 2 aliphatic carbocycles. The molecule has 0 unspecified atom stereocenters. The van der Waals surface area contributed by atoms with Gasteiger partial charge in [-0.25, -0.2) is 0 Å². The number of hydrogen-bond acceptors (Lipinski definition) is 1. The maximum Gasteiger partial charge on any atom is 0.163 e. The molecule has 0 N–H and O–H groups in total. The average Bonchev–Trinajstić information content (AvgIpc) is 2.73. The lowest BCUT2D eigenvalue weighted by Gasteiger charge is -2.36. The summed E-state index contributed by atoms with van der Waals surface area (Å²) in [5, 5.41) is 0. The molecule has 0 heterocycles. The van der Waals surface area contributed by atoms with E-state index in [2.05, 4.69) is 35.0 Å². The zero-order chi connectivity index (χ0) is 12.0. The standard InChI is InChI=1S/C15H17BrO/c1-10-8-11(16)9-12-14(10)13(17)4-7-15(12)5-2-3-6-15/h8-9H,2-7H2,1H3. The summed E-state index contributed by atoms with van der Waals surface area (Å²) in [4.78, 5) is 12.1. The first-order valence-electron chi connectivity index (χ1n) is 6.46. The minimum atomic E-state index is 0.317. The second-order valence-corrected chi connectivity index (χ2v) is 6.47. The molecule has 1 nitrogen and oxygen atoms in total. The zero-order valence-corrected chi connectivity index (χ0v) is 11.8.